The van der Waals surface area contributed by atoms with Crippen LogP contribution in [0.15, 0.2) is 12.2 Å². The van der Waals surface area contributed by atoms with Gasteiger partial charge in [-0.1, -0.05) is 31.9 Å². The van der Waals surface area contributed by atoms with Crippen LogP contribution >= 0.6 is 0 Å². The Morgan fingerprint density at radius 1 is 1.45 bits per heavy atom. The minimum absolute atomic E-state index is 0.672. The predicted octanol–water partition coefficient (Wildman–Crippen LogP) is 2.73. The lowest BCUT2D eigenvalue weighted by Gasteiger charge is -2.10. The van der Waals surface area contributed by atoms with Crippen LogP contribution in [0.1, 0.15) is 40.0 Å². The lowest BCUT2D eigenvalue weighted by molar-refractivity contribution is 0.519. The van der Waals surface area contributed by atoms with Gasteiger partial charge in [-0.05, 0) is 20.3 Å². The standard InChI is InChI=1S/C10H21N/c1-4-6-8-10(3)11-9-7-5-2/h5,7,10-11H,4,6,8-9H2,1-3H3/b7-5+. The molecule has 11 heavy (non-hydrogen) atoms. The van der Waals surface area contributed by atoms with E-state index in [-0.39, 0.29) is 0 Å². The highest BCUT2D eigenvalue weighted by atomic mass is 14.9. The normalized spacial score (nSPS) is 14.1. The largest absolute Gasteiger partial charge is 0.311 e. The lowest BCUT2D eigenvalue weighted by Crippen LogP contribution is -2.25. The van der Waals surface area contributed by atoms with Gasteiger partial charge >= 0.3 is 0 Å². The van der Waals surface area contributed by atoms with Gasteiger partial charge in [0.15, 0.2) is 0 Å². The average molecular weight is 155 g/mol. The van der Waals surface area contributed by atoms with E-state index in [0.29, 0.717) is 6.04 Å². The second kappa shape index (κ2) is 7.80. The molecule has 1 nitrogen and oxygen atoms in total. The maximum absolute atomic E-state index is 3.43. The molecule has 0 amide bonds. The summed E-state index contributed by atoms with van der Waals surface area (Å²) in [5, 5.41) is 3.43. The fourth-order valence-corrected chi connectivity index (χ4v) is 0.999. The van der Waals surface area contributed by atoms with Gasteiger partial charge in [0.1, 0.15) is 0 Å². The summed E-state index contributed by atoms with van der Waals surface area (Å²) in [5.41, 5.74) is 0. The third-order valence-corrected chi connectivity index (χ3v) is 1.81. The summed E-state index contributed by atoms with van der Waals surface area (Å²) in [6.45, 7) is 7.55. The van der Waals surface area contributed by atoms with Crippen LogP contribution in [0.5, 0.6) is 0 Å². The third-order valence-electron chi connectivity index (χ3n) is 1.81. The third kappa shape index (κ3) is 7.60. The fraction of sp³-hybridized carbons (Fsp3) is 0.800. The molecule has 0 fully saturated rings. The molecule has 0 aromatic heterocycles. The van der Waals surface area contributed by atoms with Crippen LogP contribution < -0.4 is 5.32 Å². The molecule has 1 heteroatoms. The van der Waals surface area contributed by atoms with E-state index < -0.39 is 0 Å². The predicted molar refractivity (Wildman–Crippen MR) is 51.8 cm³/mol. The molecule has 0 aliphatic carbocycles. The molecule has 0 aromatic carbocycles. The summed E-state index contributed by atoms with van der Waals surface area (Å²) in [6.07, 6.45) is 8.18. The van der Waals surface area contributed by atoms with Crippen molar-refractivity contribution in [1.29, 1.82) is 0 Å². The number of nitrogens with one attached hydrogen (secondary N) is 1. The van der Waals surface area contributed by atoms with Gasteiger partial charge in [-0.15, -0.1) is 0 Å². The molecule has 1 unspecified atom stereocenters. The first-order valence-electron chi connectivity index (χ1n) is 4.65. The molecule has 66 valence electrons. The van der Waals surface area contributed by atoms with E-state index in [1.54, 1.807) is 0 Å². The molecule has 0 radical (unpaired) electrons. The quantitative estimate of drug-likeness (QED) is 0.582. The van der Waals surface area contributed by atoms with Crippen LogP contribution in [0, 0.1) is 0 Å². The van der Waals surface area contributed by atoms with E-state index in [9.17, 15) is 0 Å². The minimum atomic E-state index is 0.672. The highest BCUT2D eigenvalue weighted by molar-refractivity contribution is 4.80. The smallest absolute Gasteiger partial charge is 0.0137 e. The average Bonchev–Trinajstić information content (AvgIpc) is 2.01. The Morgan fingerprint density at radius 2 is 2.18 bits per heavy atom. The molecule has 0 aliphatic heterocycles. The Bertz CT molecular complexity index is 97.0. The molecule has 0 saturated carbocycles. The van der Waals surface area contributed by atoms with Gasteiger partial charge in [0.25, 0.3) is 0 Å². The second-order valence-corrected chi connectivity index (χ2v) is 3.02. The first kappa shape index (κ1) is 10.7. The van der Waals surface area contributed by atoms with Gasteiger partial charge in [0.05, 0.1) is 0 Å². The summed E-state index contributed by atoms with van der Waals surface area (Å²) in [5.74, 6) is 0. The molecule has 0 saturated heterocycles. The second-order valence-electron chi connectivity index (χ2n) is 3.02. The van der Waals surface area contributed by atoms with Gasteiger partial charge < -0.3 is 5.32 Å². The molecular formula is C10H21N. The van der Waals surface area contributed by atoms with Crippen LogP contribution in [0.25, 0.3) is 0 Å². The molecule has 0 aliphatic rings. The fourth-order valence-electron chi connectivity index (χ4n) is 0.999. The SMILES string of the molecule is C/C=C/CNC(C)CCCC. The van der Waals surface area contributed by atoms with Crippen molar-refractivity contribution >= 4 is 0 Å². The van der Waals surface area contributed by atoms with E-state index in [0.717, 1.165) is 6.54 Å². The van der Waals surface area contributed by atoms with E-state index in [4.69, 9.17) is 0 Å². The summed E-state index contributed by atoms with van der Waals surface area (Å²) in [7, 11) is 0. The van der Waals surface area contributed by atoms with Crippen molar-refractivity contribution in [3.8, 4) is 0 Å². The highest BCUT2D eigenvalue weighted by Gasteiger charge is 1.96. The number of rotatable bonds is 6. The van der Waals surface area contributed by atoms with Crippen LogP contribution in [0.4, 0.5) is 0 Å². The molecule has 0 bridgehead atoms. The van der Waals surface area contributed by atoms with Gasteiger partial charge in [-0.3, -0.25) is 0 Å². The monoisotopic (exact) mass is 155 g/mol. The van der Waals surface area contributed by atoms with Crippen molar-refractivity contribution in [3.05, 3.63) is 12.2 Å². The van der Waals surface area contributed by atoms with E-state index in [2.05, 4.69) is 38.2 Å². The molecule has 0 heterocycles. The van der Waals surface area contributed by atoms with Crippen molar-refractivity contribution in [2.24, 2.45) is 0 Å². The summed E-state index contributed by atoms with van der Waals surface area (Å²) >= 11 is 0. The lowest BCUT2D eigenvalue weighted by atomic mass is 10.1. The maximum atomic E-state index is 3.43. The first-order chi connectivity index (χ1) is 5.31. The van der Waals surface area contributed by atoms with Crippen LogP contribution in [-0.4, -0.2) is 12.6 Å². The maximum Gasteiger partial charge on any atom is 0.0137 e. The Kier molecular flexibility index (Phi) is 7.59. The van der Waals surface area contributed by atoms with Crippen molar-refractivity contribution in [1.82, 2.24) is 5.32 Å². The zero-order chi connectivity index (χ0) is 8.53. The molecule has 0 rings (SSSR count). The zero-order valence-electron chi connectivity index (χ0n) is 8.06. The molecule has 0 spiro atoms. The molecular weight excluding hydrogens is 134 g/mol. The Morgan fingerprint density at radius 3 is 2.73 bits per heavy atom. The molecule has 1 atom stereocenters. The minimum Gasteiger partial charge on any atom is -0.311 e. The highest BCUT2D eigenvalue weighted by Crippen LogP contribution is 1.98. The van der Waals surface area contributed by atoms with Crippen LogP contribution in [0.3, 0.4) is 0 Å². The topological polar surface area (TPSA) is 12.0 Å². The van der Waals surface area contributed by atoms with Crippen molar-refractivity contribution in [3.63, 3.8) is 0 Å². The molecule has 0 aromatic rings. The van der Waals surface area contributed by atoms with Crippen molar-refractivity contribution < 1.29 is 0 Å². The Hall–Kier alpha value is -0.300. The van der Waals surface area contributed by atoms with Gasteiger partial charge in [0.2, 0.25) is 0 Å². The first-order valence-corrected chi connectivity index (χ1v) is 4.65. The Labute approximate surface area is 70.9 Å². The summed E-state index contributed by atoms with van der Waals surface area (Å²) in [4.78, 5) is 0. The van der Waals surface area contributed by atoms with Crippen molar-refractivity contribution in [2.75, 3.05) is 6.54 Å². The van der Waals surface area contributed by atoms with Gasteiger partial charge in [-0.2, -0.15) is 0 Å². The number of hydrogen-bond donors (Lipinski definition) is 1. The van der Waals surface area contributed by atoms with Gasteiger partial charge in [0, 0.05) is 12.6 Å². The van der Waals surface area contributed by atoms with Gasteiger partial charge in [-0.25, -0.2) is 0 Å². The summed E-state index contributed by atoms with van der Waals surface area (Å²) in [6, 6.07) is 0.672. The van der Waals surface area contributed by atoms with E-state index in [1.165, 1.54) is 19.3 Å². The van der Waals surface area contributed by atoms with Crippen molar-refractivity contribution in [2.45, 2.75) is 46.1 Å². The Balaban J connectivity index is 3.15. The number of allylic oxidation sites excluding steroid dienone is 1. The van der Waals surface area contributed by atoms with Crippen LogP contribution in [0.2, 0.25) is 0 Å². The zero-order valence-corrected chi connectivity index (χ0v) is 8.06. The summed E-state index contributed by atoms with van der Waals surface area (Å²) < 4.78 is 0. The van der Waals surface area contributed by atoms with E-state index in [1.807, 2.05) is 0 Å². The number of unbranched alkanes of at least 4 members (excludes halogenated alkanes) is 1. The van der Waals surface area contributed by atoms with Crippen LogP contribution in [-0.2, 0) is 0 Å². The molecule has 1 N–H and O–H groups in total. The van der Waals surface area contributed by atoms with E-state index >= 15 is 0 Å². The number of hydrogen-bond acceptors (Lipinski definition) is 1.